The van der Waals surface area contributed by atoms with Crippen LogP contribution < -0.4 is 0 Å². The number of carbonyl (C=O) groups is 2. The Balaban J connectivity index is 1.60. The standard InChI is InChI=1S/C27H42O3/c1-6-18-20-9-7-8-15-26(20,3)22-14-16-27(4)19(17(2)10-13-23(28)30-5)11-12-21(27)24(22)25(18)29/h7,9,17-22,24H,6,8,10-16H2,1-5H3/t17-,18-,19-,20+,21+,22+,24+,26+,27-/m1/s1. The number of ether oxygens (including phenoxy) is 1. The zero-order chi connectivity index (χ0) is 21.7. The van der Waals surface area contributed by atoms with Gasteiger partial charge in [-0.15, -0.1) is 0 Å². The van der Waals surface area contributed by atoms with Gasteiger partial charge in [0.15, 0.2) is 0 Å². The first-order valence-corrected chi connectivity index (χ1v) is 12.5. The minimum atomic E-state index is -0.0946. The number of allylic oxidation sites excluding steroid dienone is 2. The van der Waals surface area contributed by atoms with E-state index >= 15 is 0 Å². The smallest absolute Gasteiger partial charge is 0.305 e. The van der Waals surface area contributed by atoms with Crippen molar-refractivity contribution in [3.63, 3.8) is 0 Å². The van der Waals surface area contributed by atoms with Crippen LogP contribution in [0.1, 0.15) is 85.5 Å². The summed E-state index contributed by atoms with van der Waals surface area (Å²) in [5.74, 6) is 3.65. The van der Waals surface area contributed by atoms with Gasteiger partial charge in [-0.25, -0.2) is 0 Å². The highest BCUT2D eigenvalue weighted by molar-refractivity contribution is 5.86. The molecule has 3 saturated carbocycles. The lowest BCUT2D eigenvalue weighted by Crippen LogP contribution is -2.59. The van der Waals surface area contributed by atoms with Crippen LogP contribution in [0.2, 0.25) is 0 Å². The maximum absolute atomic E-state index is 13.9. The zero-order valence-corrected chi connectivity index (χ0v) is 19.8. The van der Waals surface area contributed by atoms with E-state index in [0.29, 0.717) is 47.2 Å². The molecule has 0 aromatic rings. The Bertz CT molecular complexity index is 711. The van der Waals surface area contributed by atoms with Gasteiger partial charge in [0.05, 0.1) is 7.11 Å². The molecule has 0 amide bonds. The van der Waals surface area contributed by atoms with Gasteiger partial charge in [-0.05, 0) is 91.8 Å². The lowest BCUT2D eigenvalue weighted by molar-refractivity contribution is -0.160. The van der Waals surface area contributed by atoms with E-state index in [0.717, 1.165) is 12.8 Å². The molecule has 168 valence electrons. The fourth-order valence-electron chi connectivity index (χ4n) is 8.83. The van der Waals surface area contributed by atoms with Crippen molar-refractivity contribution in [2.75, 3.05) is 7.11 Å². The van der Waals surface area contributed by atoms with Crippen molar-refractivity contribution in [3.8, 4) is 0 Å². The predicted molar refractivity (Wildman–Crippen MR) is 120 cm³/mol. The monoisotopic (exact) mass is 414 g/mol. The zero-order valence-electron chi connectivity index (χ0n) is 19.8. The first-order chi connectivity index (χ1) is 14.3. The molecule has 0 heterocycles. The fourth-order valence-corrected chi connectivity index (χ4v) is 8.83. The molecule has 3 nitrogen and oxygen atoms in total. The highest BCUT2D eigenvalue weighted by Gasteiger charge is 2.64. The van der Waals surface area contributed by atoms with Crippen molar-refractivity contribution < 1.29 is 14.3 Å². The average molecular weight is 415 g/mol. The van der Waals surface area contributed by atoms with Crippen molar-refractivity contribution in [2.24, 2.45) is 52.3 Å². The molecule has 0 aromatic heterocycles. The Hall–Kier alpha value is -1.12. The number of ketones is 1. The van der Waals surface area contributed by atoms with E-state index in [2.05, 4.69) is 39.8 Å². The van der Waals surface area contributed by atoms with Gasteiger partial charge in [-0.3, -0.25) is 9.59 Å². The van der Waals surface area contributed by atoms with E-state index < -0.39 is 0 Å². The fraction of sp³-hybridized carbons (Fsp3) is 0.852. The molecule has 4 rings (SSSR count). The Morgan fingerprint density at radius 1 is 1.17 bits per heavy atom. The van der Waals surface area contributed by atoms with Crippen molar-refractivity contribution in [1.29, 1.82) is 0 Å². The van der Waals surface area contributed by atoms with Crippen LogP contribution in [0.25, 0.3) is 0 Å². The molecule has 0 spiro atoms. The van der Waals surface area contributed by atoms with Gasteiger partial charge in [-0.2, -0.15) is 0 Å². The molecule has 30 heavy (non-hydrogen) atoms. The number of carbonyl (C=O) groups excluding carboxylic acids is 2. The van der Waals surface area contributed by atoms with E-state index in [-0.39, 0.29) is 23.2 Å². The molecule has 0 radical (unpaired) electrons. The van der Waals surface area contributed by atoms with Gasteiger partial charge >= 0.3 is 5.97 Å². The van der Waals surface area contributed by atoms with Gasteiger partial charge in [0.1, 0.15) is 5.78 Å². The SMILES string of the molecule is CC[C@H]1C(=O)[C@@H]2[C@H](CC[C@]3(C)[C@@H]([C@H](C)CCC(=O)OC)CC[C@@H]23)[C@@]2(C)CCC=C[C@@H]12. The predicted octanol–water partition coefficient (Wildman–Crippen LogP) is 6.22. The quantitative estimate of drug-likeness (QED) is 0.396. The minimum absolute atomic E-state index is 0.0946. The lowest BCUT2D eigenvalue weighted by atomic mass is 9.43. The molecule has 0 aromatic carbocycles. The summed E-state index contributed by atoms with van der Waals surface area (Å²) >= 11 is 0. The average Bonchev–Trinajstić information content (AvgIpc) is 3.09. The number of hydrogen-bond donors (Lipinski definition) is 0. The van der Waals surface area contributed by atoms with Crippen molar-refractivity contribution in [3.05, 3.63) is 12.2 Å². The van der Waals surface area contributed by atoms with Crippen LogP contribution in [-0.2, 0) is 14.3 Å². The highest BCUT2D eigenvalue weighted by atomic mass is 16.5. The van der Waals surface area contributed by atoms with Crippen LogP contribution in [0.5, 0.6) is 0 Å². The lowest BCUT2D eigenvalue weighted by Gasteiger charge is -2.61. The molecule has 4 aliphatic carbocycles. The van der Waals surface area contributed by atoms with Crippen LogP contribution in [0.4, 0.5) is 0 Å². The number of methoxy groups -OCH3 is 1. The summed E-state index contributed by atoms with van der Waals surface area (Å²) in [6.45, 7) is 9.56. The Morgan fingerprint density at radius 2 is 1.90 bits per heavy atom. The Kier molecular flexibility index (Phi) is 5.96. The first-order valence-electron chi connectivity index (χ1n) is 12.5. The number of hydrogen-bond acceptors (Lipinski definition) is 3. The maximum atomic E-state index is 13.9. The van der Waals surface area contributed by atoms with Crippen LogP contribution in [0, 0.1) is 52.3 Å². The van der Waals surface area contributed by atoms with Crippen molar-refractivity contribution in [2.45, 2.75) is 85.5 Å². The number of esters is 1. The second-order valence-electron chi connectivity index (χ2n) is 11.5. The van der Waals surface area contributed by atoms with Crippen LogP contribution in [0.15, 0.2) is 12.2 Å². The normalized spacial score (nSPS) is 46.0. The third-order valence-corrected chi connectivity index (χ3v) is 10.4. The van der Waals surface area contributed by atoms with E-state index in [4.69, 9.17) is 4.74 Å². The Labute approximate surface area is 183 Å². The van der Waals surface area contributed by atoms with E-state index in [9.17, 15) is 9.59 Å². The molecule has 3 fully saturated rings. The van der Waals surface area contributed by atoms with Gasteiger partial charge < -0.3 is 4.74 Å². The molecule has 0 aliphatic heterocycles. The molecular formula is C27H42O3. The van der Waals surface area contributed by atoms with Gasteiger partial charge in [0.25, 0.3) is 0 Å². The summed E-state index contributed by atoms with van der Waals surface area (Å²) < 4.78 is 4.88. The third kappa shape index (κ3) is 3.21. The summed E-state index contributed by atoms with van der Waals surface area (Å²) in [7, 11) is 1.48. The van der Waals surface area contributed by atoms with E-state index in [1.54, 1.807) is 0 Å². The number of rotatable bonds is 5. The van der Waals surface area contributed by atoms with Crippen LogP contribution in [-0.4, -0.2) is 18.9 Å². The second-order valence-corrected chi connectivity index (χ2v) is 11.5. The molecular weight excluding hydrogens is 372 g/mol. The molecule has 4 aliphatic rings. The van der Waals surface area contributed by atoms with Crippen LogP contribution in [0.3, 0.4) is 0 Å². The molecule has 0 unspecified atom stereocenters. The topological polar surface area (TPSA) is 43.4 Å². The van der Waals surface area contributed by atoms with E-state index in [1.807, 2.05) is 0 Å². The van der Waals surface area contributed by atoms with Gasteiger partial charge in [0.2, 0.25) is 0 Å². The highest BCUT2D eigenvalue weighted by Crippen LogP contribution is 2.68. The summed E-state index contributed by atoms with van der Waals surface area (Å²) in [6.07, 6.45) is 14.5. The molecule has 0 N–H and O–H groups in total. The second kappa shape index (κ2) is 8.10. The first kappa shape index (κ1) is 22.1. The third-order valence-electron chi connectivity index (χ3n) is 10.4. The summed E-state index contributed by atoms with van der Waals surface area (Å²) in [5, 5.41) is 0. The summed E-state index contributed by atoms with van der Waals surface area (Å²) in [5.41, 5.74) is 0.544. The molecule has 3 heteroatoms. The largest absolute Gasteiger partial charge is 0.469 e. The van der Waals surface area contributed by atoms with Crippen LogP contribution >= 0.6 is 0 Å². The van der Waals surface area contributed by atoms with Gasteiger partial charge in [-0.1, -0.05) is 39.8 Å². The minimum Gasteiger partial charge on any atom is -0.469 e. The maximum Gasteiger partial charge on any atom is 0.305 e. The number of Topliss-reactive ketones (excluding diaryl/α,β-unsaturated/α-hetero) is 1. The number of fused-ring (bicyclic) bond motifs is 5. The Morgan fingerprint density at radius 3 is 2.60 bits per heavy atom. The summed E-state index contributed by atoms with van der Waals surface area (Å²) in [4.78, 5) is 25.6. The molecule has 9 atom stereocenters. The summed E-state index contributed by atoms with van der Waals surface area (Å²) in [6, 6.07) is 0. The van der Waals surface area contributed by atoms with Crippen molar-refractivity contribution in [1.82, 2.24) is 0 Å². The van der Waals surface area contributed by atoms with E-state index in [1.165, 1.54) is 45.6 Å². The molecule has 0 saturated heterocycles. The van der Waals surface area contributed by atoms with Crippen molar-refractivity contribution >= 4 is 11.8 Å². The van der Waals surface area contributed by atoms with Gasteiger partial charge in [0, 0.05) is 18.3 Å². The molecule has 0 bridgehead atoms.